The molecule has 0 saturated carbocycles. The molecule has 1 aromatic rings. The third kappa shape index (κ3) is 18.1. The van der Waals surface area contributed by atoms with E-state index in [1.807, 2.05) is 6.92 Å². The van der Waals surface area contributed by atoms with E-state index < -0.39 is 133 Å². The summed E-state index contributed by atoms with van der Waals surface area (Å²) in [6, 6.07) is -0.666. The van der Waals surface area contributed by atoms with Crippen LogP contribution in [0.2, 0.25) is 0 Å². The van der Waals surface area contributed by atoms with Crippen molar-refractivity contribution in [3.05, 3.63) is 35.9 Å². The molecule has 0 aliphatic carbocycles. The van der Waals surface area contributed by atoms with Gasteiger partial charge in [0.05, 0.1) is 31.3 Å². The molecule has 11 atom stereocenters. The molecular weight excluding hydrogens is 811 g/mol. The minimum atomic E-state index is -1.67. The van der Waals surface area contributed by atoms with Crippen LogP contribution in [0.5, 0.6) is 0 Å². The van der Waals surface area contributed by atoms with Crippen LogP contribution in [0.15, 0.2) is 30.3 Å². The molecule has 21 nitrogen and oxygen atoms in total. The summed E-state index contributed by atoms with van der Waals surface area (Å²) in [7, 11) is 0. The highest BCUT2D eigenvalue weighted by Crippen LogP contribution is 2.13. The molecular formula is C41H67N9O12. The number of carboxylic acids is 1. The summed E-state index contributed by atoms with van der Waals surface area (Å²) in [5, 5.41) is 49.8. The van der Waals surface area contributed by atoms with Gasteiger partial charge in [0, 0.05) is 6.42 Å². The van der Waals surface area contributed by atoms with Crippen LogP contribution in [-0.4, -0.2) is 136 Å². The Labute approximate surface area is 362 Å². The first-order chi connectivity index (χ1) is 28.9. The molecule has 1 rings (SSSR count). The van der Waals surface area contributed by atoms with Crippen LogP contribution < -0.4 is 48.3 Å². The number of aliphatic carboxylic acids is 1. The van der Waals surface area contributed by atoms with Crippen molar-refractivity contribution in [2.45, 2.75) is 136 Å². The van der Waals surface area contributed by atoms with Gasteiger partial charge in [0.15, 0.2) is 0 Å². The molecule has 62 heavy (non-hydrogen) atoms. The molecule has 0 heterocycles. The Morgan fingerprint density at radius 1 is 0.532 bits per heavy atom. The van der Waals surface area contributed by atoms with E-state index in [9.17, 15) is 58.5 Å². The van der Waals surface area contributed by atoms with Gasteiger partial charge in [0.2, 0.25) is 47.3 Å². The highest BCUT2D eigenvalue weighted by Gasteiger charge is 2.36. The monoisotopic (exact) mass is 877 g/mol. The first-order valence-corrected chi connectivity index (χ1v) is 20.7. The lowest BCUT2D eigenvalue weighted by Crippen LogP contribution is -2.62. The molecule has 13 N–H and O–H groups in total. The number of benzene rings is 1. The lowest BCUT2D eigenvalue weighted by Gasteiger charge is -2.29. The Morgan fingerprint density at radius 2 is 0.968 bits per heavy atom. The first kappa shape index (κ1) is 54.3. The molecule has 0 aromatic heterocycles. The van der Waals surface area contributed by atoms with Crippen LogP contribution in [0.1, 0.15) is 80.7 Å². The summed E-state index contributed by atoms with van der Waals surface area (Å²) in [4.78, 5) is 116. The van der Waals surface area contributed by atoms with Crippen LogP contribution >= 0.6 is 0 Å². The van der Waals surface area contributed by atoms with Gasteiger partial charge in [-0.1, -0.05) is 84.7 Å². The topological polar surface area (TPSA) is 337 Å². The van der Waals surface area contributed by atoms with Gasteiger partial charge in [-0.2, -0.15) is 0 Å². The zero-order chi connectivity index (χ0) is 47.4. The van der Waals surface area contributed by atoms with Crippen LogP contribution in [-0.2, 0) is 49.6 Å². The molecule has 1 aromatic carbocycles. The molecule has 0 bridgehead atoms. The van der Waals surface area contributed by atoms with Crippen molar-refractivity contribution in [1.82, 2.24) is 42.5 Å². The van der Waals surface area contributed by atoms with Gasteiger partial charge in [-0.3, -0.25) is 38.4 Å². The number of hydrogen-bond acceptors (Lipinski definition) is 12. The van der Waals surface area contributed by atoms with Crippen LogP contribution in [0.4, 0.5) is 0 Å². The third-order valence-corrected chi connectivity index (χ3v) is 10.2. The maximum absolute atomic E-state index is 13.6. The Kier molecular flexibility index (Phi) is 23.3. The largest absolute Gasteiger partial charge is 0.480 e. The molecule has 0 fully saturated rings. The van der Waals surface area contributed by atoms with E-state index in [2.05, 4.69) is 42.5 Å². The number of nitrogens with two attached hydrogens (primary N) is 1. The maximum Gasteiger partial charge on any atom is 0.326 e. The SMILES string of the molecule is CC[C@H](C)[C@H](NC(=O)[C@H](C)N)C(=O)N[C@H](C(=O)NCC(=O)NCC(=O)N[C@H](C(=O)N[C@@H](Cc1ccccc1)C(=O)N[C@H](C(=O)N[C@H](C(=O)O)C(C)C)[C@@H](C)O)[C@@H](C)O)[C@@H](C)CC. The number of carboxylic acid groups (broad SMARTS) is 1. The van der Waals surface area contributed by atoms with Gasteiger partial charge in [-0.15, -0.1) is 0 Å². The number of amides is 8. The zero-order valence-electron chi connectivity index (χ0n) is 36.9. The molecule has 348 valence electrons. The van der Waals surface area contributed by atoms with Crippen molar-refractivity contribution in [2.75, 3.05) is 13.1 Å². The lowest BCUT2D eigenvalue weighted by molar-refractivity contribution is -0.144. The summed E-state index contributed by atoms with van der Waals surface area (Å²) in [6.45, 7) is 12.8. The highest BCUT2D eigenvalue weighted by atomic mass is 16.4. The minimum absolute atomic E-state index is 0.150. The van der Waals surface area contributed by atoms with Crippen molar-refractivity contribution in [2.24, 2.45) is 23.5 Å². The average molecular weight is 878 g/mol. The standard InChI is InChI=1S/C41H67N9O12/c1-10-21(5)31(49-38(58)32(22(6)11-2)48-35(55)23(7)42)37(57)44-18-28(53)43-19-29(54)46-33(24(8)51)39(59)45-27(17-26-15-13-12-14-16-26)36(56)50-34(25(9)52)40(60)47-30(20(3)4)41(61)62/h12-16,20-25,27,30-34,51-52H,10-11,17-19,42H2,1-9H3,(H,43,53)(H,44,57)(H,45,59)(H,46,54)(H,47,60)(H,48,55)(H,49,58)(H,50,56)(H,61,62)/t21-,22-,23-,24+,25+,27-,30-,31-,32-,33-,34-/m0/s1. The van der Waals surface area contributed by atoms with Crippen molar-refractivity contribution in [3.63, 3.8) is 0 Å². The summed E-state index contributed by atoms with van der Waals surface area (Å²) in [6.07, 6.45) is -2.19. The van der Waals surface area contributed by atoms with Crippen molar-refractivity contribution in [3.8, 4) is 0 Å². The second kappa shape index (κ2) is 26.6. The van der Waals surface area contributed by atoms with Crippen LogP contribution in [0, 0.1) is 17.8 Å². The van der Waals surface area contributed by atoms with Gasteiger partial charge < -0.3 is 63.6 Å². The van der Waals surface area contributed by atoms with E-state index in [4.69, 9.17) is 5.73 Å². The Hall–Kier alpha value is -5.67. The molecule has 0 unspecified atom stereocenters. The van der Waals surface area contributed by atoms with Crippen molar-refractivity contribution in [1.29, 1.82) is 0 Å². The second-order valence-corrected chi connectivity index (χ2v) is 15.9. The Morgan fingerprint density at radius 3 is 1.45 bits per heavy atom. The Bertz CT molecular complexity index is 1690. The normalized spacial score (nSPS) is 16.5. The van der Waals surface area contributed by atoms with Gasteiger partial charge >= 0.3 is 5.97 Å². The number of aliphatic hydroxyl groups excluding tert-OH is 2. The van der Waals surface area contributed by atoms with E-state index >= 15 is 0 Å². The zero-order valence-corrected chi connectivity index (χ0v) is 36.9. The molecule has 21 heteroatoms. The summed E-state index contributed by atoms with van der Waals surface area (Å²) < 4.78 is 0. The lowest BCUT2D eigenvalue weighted by atomic mass is 9.94. The van der Waals surface area contributed by atoms with Crippen molar-refractivity contribution >= 4 is 53.2 Å². The predicted octanol–water partition coefficient (Wildman–Crippen LogP) is -2.69. The predicted molar refractivity (Wildman–Crippen MR) is 226 cm³/mol. The van der Waals surface area contributed by atoms with E-state index in [0.29, 0.717) is 18.4 Å². The average Bonchev–Trinajstić information content (AvgIpc) is 3.21. The quantitative estimate of drug-likeness (QED) is 0.0452. The summed E-state index contributed by atoms with van der Waals surface area (Å²) in [5.74, 6) is -9.15. The fourth-order valence-corrected chi connectivity index (χ4v) is 5.82. The highest BCUT2D eigenvalue weighted by molar-refractivity contribution is 5.97. The van der Waals surface area contributed by atoms with Crippen LogP contribution in [0.3, 0.4) is 0 Å². The number of aliphatic hydroxyl groups is 2. The minimum Gasteiger partial charge on any atom is -0.480 e. The first-order valence-electron chi connectivity index (χ1n) is 20.7. The fourth-order valence-electron chi connectivity index (χ4n) is 5.82. The van der Waals surface area contributed by atoms with Crippen LogP contribution in [0.25, 0.3) is 0 Å². The van der Waals surface area contributed by atoms with E-state index in [1.54, 1.807) is 65.0 Å². The maximum atomic E-state index is 13.6. The number of carbonyl (C=O) groups is 9. The molecule has 8 amide bonds. The summed E-state index contributed by atoms with van der Waals surface area (Å²) >= 11 is 0. The number of carbonyl (C=O) groups excluding carboxylic acids is 8. The second-order valence-electron chi connectivity index (χ2n) is 15.9. The van der Waals surface area contributed by atoms with Crippen molar-refractivity contribution < 1.29 is 58.5 Å². The fraction of sp³-hybridized carbons (Fsp3) is 0.634. The van der Waals surface area contributed by atoms with Gasteiger partial charge in [0.1, 0.15) is 36.3 Å². The number of hydrogen-bond donors (Lipinski definition) is 12. The Balaban J connectivity index is 3.05. The third-order valence-electron chi connectivity index (χ3n) is 10.2. The smallest absolute Gasteiger partial charge is 0.326 e. The number of rotatable bonds is 26. The molecule has 0 radical (unpaired) electrons. The molecule has 0 aliphatic heterocycles. The molecule has 0 spiro atoms. The van der Waals surface area contributed by atoms with Gasteiger partial charge in [-0.05, 0) is 44.1 Å². The van der Waals surface area contributed by atoms with Gasteiger partial charge in [-0.25, -0.2) is 4.79 Å². The summed E-state index contributed by atoms with van der Waals surface area (Å²) in [5.41, 5.74) is 6.22. The van der Waals surface area contributed by atoms with Gasteiger partial charge in [0.25, 0.3) is 0 Å². The van der Waals surface area contributed by atoms with E-state index in [0.717, 1.165) is 0 Å². The molecule has 0 saturated heterocycles. The molecule has 0 aliphatic rings. The van der Waals surface area contributed by atoms with E-state index in [-0.39, 0.29) is 12.3 Å². The van der Waals surface area contributed by atoms with E-state index in [1.165, 1.54) is 20.8 Å². The number of nitrogens with one attached hydrogen (secondary N) is 8.